The molecule has 2 aromatic carbocycles. The Hall–Kier alpha value is -3.50. The fraction of sp³-hybridized carbons (Fsp3) is 0.517. The van der Waals surface area contributed by atoms with E-state index < -0.39 is 17.9 Å². The third-order valence-corrected chi connectivity index (χ3v) is 7.47. The van der Waals surface area contributed by atoms with Crippen LogP contribution in [0.1, 0.15) is 37.7 Å². The van der Waals surface area contributed by atoms with Crippen LogP contribution in [0.4, 0.5) is 0 Å². The van der Waals surface area contributed by atoms with Crippen LogP contribution in [-0.4, -0.2) is 86.1 Å². The summed E-state index contributed by atoms with van der Waals surface area (Å²) in [6, 6.07) is 12.5. The van der Waals surface area contributed by atoms with Crippen molar-refractivity contribution in [1.82, 2.24) is 9.80 Å². The first-order valence-electron chi connectivity index (χ1n) is 13.6. The Kier molecular flexibility index (Phi) is 9.89. The number of carbonyl (C=O) groups is 2. The number of unbranched alkanes of at least 4 members (excludes halogenated alkanes) is 1. The van der Waals surface area contributed by atoms with Crippen LogP contribution >= 0.6 is 0 Å². The number of rotatable bonds is 14. The third kappa shape index (κ3) is 6.75. The summed E-state index contributed by atoms with van der Waals surface area (Å²) in [6.45, 7) is 4.53. The Morgan fingerprint density at radius 2 is 1.90 bits per heavy atom. The Morgan fingerprint density at radius 3 is 2.62 bits per heavy atom. The summed E-state index contributed by atoms with van der Waals surface area (Å²) >= 11 is 0. The summed E-state index contributed by atoms with van der Waals surface area (Å²) in [4.78, 5) is 29.9. The fourth-order valence-corrected chi connectivity index (χ4v) is 5.50. The van der Waals surface area contributed by atoms with Gasteiger partial charge in [-0.1, -0.05) is 31.5 Å². The van der Waals surface area contributed by atoms with Gasteiger partial charge >= 0.3 is 5.97 Å². The van der Waals surface area contributed by atoms with Gasteiger partial charge in [-0.3, -0.25) is 14.5 Å². The molecule has 2 heterocycles. The second kappa shape index (κ2) is 13.5. The van der Waals surface area contributed by atoms with E-state index in [0.29, 0.717) is 55.6 Å². The van der Waals surface area contributed by atoms with Crippen LogP contribution in [0.3, 0.4) is 0 Å². The van der Waals surface area contributed by atoms with Gasteiger partial charge in [-0.15, -0.1) is 0 Å². The Balaban J connectivity index is 1.57. The molecule has 3 N–H and O–H groups in total. The van der Waals surface area contributed by atoms with Gasteiger partial charge < -0.3 is 34.7 Å². The predicted octanol–water partition coefficient (Wildman–Crippen LogP) is 2.95. The highest BCUT2D eigenvalue weighted by atomic mass is 16.7. The van der Waals surface area contributed by atoms with Crippen LogP contribution in [0.25, 0.3) is 0 Å². The molecule has 4 rings (SSSR count). The number of carbonyl (C=O) groups excluding carboxylic acids is 1. The van der Waals surface area contributed by atoms with Gasteiger partial charge in [-0.2, -0.15) is 0 Å². The average molecular weight is 542 g/mol. The summed E-state index contributed by atoms with van der Waals surface area (Å²) in [5, 5.41) is 10.4. The van der Waals surface area contributed by atoms with Crippen molar-refractivity contribution in [3.8, 4) is 23.0 Å². The number of methoxy groups -OCH3 is 1. The molecular formula is C29H39N3O7. The van der Waals surface area contributed by atoms with Gasteiger partial charge in [-0.05, 0) is 42.7 Å². The molecule has 0 aliphatic carbocycles. The molecule has 1 saturated heterocycles. The minimum atomic E-state index is -0.903. The maximum Gasteiger partial charge on any atom is 0.308 e. The number of aliphatic carboxylic acids is 1. The van der Waals surface area contributed by atoms with E-state index in [2.05, 4.69) is 6.92 Å². The lowest BCUT2D eigenvalue weighted by molar-refractivity contribution is -0.144. The molecule has 0 spiro atoms. The molecule has 10 heteroatoms. The molecule has 3 atom stereocenters. The van der Waals surface area contributed by atoms with Crippen LogP contribution in [0, 0.1) is 5.92 Å². The molecule has 2 aromatic rings. The van der Waals surface area contributed by atoms with E-state index in [1.165, 1.54) is 0 Å². The lowest BCUT2D eigenvalue weighted by Gasteiger charge is -2.29. The fourth-order valence-electron chi connectivity index (χ4n) is 5.50. The van der Waals surface area contributed by atoms with Crippen LogP contribution in [0.15, 0.2) is 42.5 Å². The van der Waals surface area contributed by atoms with E-state index in [0.717, 1.165) is 18.4 Å². The molecule has 2 aliphatic rings. The minimum Gasteiger partial charge on any atom is -0.493 e. The number of nitrogens with zero attached hydrogens (tertiary/aromatic N) is 2. The van der Waals surface area contributed by atoms with Crippen molar-refractivity contribution in [2.75, 3.05) is 53.2 Å². The van der Waals surface area contributed by atoms with E-state index in [1.807, 2.05) is 47.4 Å². The van der Waals surface area contributed by atoms with Crippen LogP contribution in [0.2, 0.25) is 0 Å². The molecule has 39 heavy (non-hydrogen) atoms. The molecule has 10 nitrogen and oxygen atoms in total. The number of carboxylic acids is 1. The summed E-state index contributed by atoms with van der Waals surface area (Å²) in [7, 11) is 1.58. The van der Waals surface area contributed by atoms with Crippen LogP contribution < -0.4 is 24.7 Å². The highest BCUT2D eigenvalue weighted by Crippen LogP contribution is 2.42. The number of nitrogens with two attached hydrogens (primary N) is 1. The monoisotopic (exact) mass is 541 g/mol. The van der Waals surface area contributed by atoms with E-state index in [9.17, 15) is 14.7 Å². The predicted molar refractivity (Wildman–Crippen MR) is 145 cm³/mol. The largest absolute Gasteiger partial charge is 0.493 e. The van der Waals surface area contributed by atoms with Crippen LogP contribution in [-0.2, 0) is 9.59 Å². The summed E-state index contributed by atoms with van der Waals surface area (Å²) < 4.78 is 22.4. The SMILES string of the molecule is CCCCN(CCN)C(=O)CN1C[C@H](c2ccc3c(c2)OCO3)[C@@H](C(=O)O)[C@@H]1CCOc1ccccc1OC. The number of para-hydroxylation sites is 2. The van der Waals surface area contributed by atoms with Crippen molar-refractivity contribution in [2.45, 2.75) is 38.1 Å². The number of ether oxygens (including phenoxy) is 4. The molecule has 0 aromatic heterocycles. The number of amides is 1. The molecule has 1 fully saturated rings. The Bertz CT molecular complexity index is 1130. The van der Waals surface area contributed by atoms with Gasteiger partial charge in [-0.25, -0.2) is 0 Å². The van der Waals surface area contributed by atoms with Gasteiger partial charge in [0, 0.05) is 38.1 Å². The van der Waals surface area contributed by atoms with E-state index in [4.69, 9.17) is 24.7 Å². The quantitative estimate of drug-likeness (QED) is 0.371. The van der Waals surface area contributed by atoms with Gasteiger partial charge in [0.25, 0.3) is 0 Å². The van der Waals surface area contributed by atoms with E-state index >= 15 is 0 Å². The van der Waals surface area contributed by atoms with Crippen molar-refractivity contribution in [3.63, 3.8) is 0 Å². The molecule has 2 aliphatic heterocycles. The highest BCUT2D eigenvalue weighted by molar-refractivity contribution is 5.79. The maximum absolute atomic E-state index is 13.4. The van der Waals surface area contributed by atoms with Crippen molar-refractivity contribution < 1.29 is 33.6 Å². The number of hydrogen-bond acceptors (Lipinski definition) is 8. The van der Waals surface area contributed by atoms with Crippen molar-refractivity contribution in [2.24, 2.45) is 11.7 Å². The number of hydrogen-bond donors (Lipinski definition) is 2. The van der Waals surface area contributed by atoms with Crippen molar-refractivity contribution >= 4 is 11.9 Å². The first-order valence-corrected chi connectivity index (χ1v) is 13.6. The van der Waals surface area contributed by atoms with Gasteiger partial charge in [0.15, 0.2) is 23.0 Å². The Labute approximate surface area is 229 Å². The zero-order valence-corrected chi connectivity index (χ0v) is 22.7. The molecule has 1 amide bonds. The smallest absolute Gasteiger partial charge is 0.308 e. The average Bonchev–Trinajstić information content (AvgIpc) is 3.55. The lowest BCUT2D eigenvalue weighted by Crippen LogP contribution is -2.46. The zero-order chi connectivity index (χ0) is 27.8. The number of carboxylic acid groups (broad SMARTS) is 1. The molecule has 0 unspecified atom stereocenters. The number of benzene rings is 2. The summed E-state index contributed by atoms with van der Waals surface area (Å²) in [5.74, 6) is 0.435. The molecule has 0 saturated carbocycles. The molecular weight excluding hydrogens is 502 g/mol. The standard InChI is InChI=1S/C29H39N3O7/c1-3-4-13-31(14-12-30)27(33)18-32-17-21(20-9-10-25-26(16-20)39-19-38-25)28(29(34)35)22(32)11-15-37-24-8-6-5-7-23(24)36-2/h5-10,16,21-22,28H,3-4,11-15,17-19,30H2,1-2H3,(H,34,35)/t21-,22+,28-/m1/s1. The maximum atomic E-state index is 13.4. The molecule has 0 radical (unpaired) electrons. The van der Waals surface area contributed by atoms with Crippen LogP contribution in [0.5, 0.6) is 23.0 Å². The second-order valence-electron chi connectivity index (χ2n) is 9.89. The first kappa shape index (κ1) is 28.5. The minimum absolute atomic E-state index is 0.0416. The van der Waals surface area contributed by atoms with E-state index in [-0.39, 0.29) is 31.8 Å². The Morgan fingerprint density at radius 1 is 1.13 bits per heavy atom. The summed E-state index contributed by atoms with van der Waals surface area (Å²) in [6.07, 6.45) is 2.28. The molecule has 0 bridgehead atoms. The topological polar surface area (TPSA) is 124 Å². The highest BCUT2D eigenvalue weighted by Gasteiger charge is 2.47. The first-order chi connectivity index (χ1) is 19.0. The van der Waals surface area contributed by atoms with Gasteiger partial charge in [0.05, 0.1) is 26.2 Å². The van der Waals surface area contributed by atoms with Crippen molar-refractivity contribution in [1.29, 1.82) is 0 Å². The third-order valence-electron chi connectivity index (χ3n) is 7.47. The second-order valence-corrected chi connectivity index (χ2v) is 9.89. The molecule has 212 valence electrons. The van der Waals surface area contributed by atoms with Crippen molar-refractivity contribution in [3.05, 3.63) is 48.0 Å². The zero-order valence-electron chi connectivity index (χ0n) is 22.7. The number of likely N-dealkylation sites (tertiary alicyclic amines) is 1. The lowest BCUT2D eigenvalue weighted by atomic mass is 9.84. The number of fused-ring (bicyclic) bond motifs is 1. The van der Waals surface area contributed by atoms with Gasteiger partial charge in [0.2, 0.25) is 12.7 Å². The van der Waals surface area contributed by atoms with E-state index in [1.54, 1.807) is 12.0 Å². The summed E-state index contributed by atoms with van der Waals surface area (Å²) in [5.41, 5.74) is 6.64. The van der Waals surface area contributed by atoms with Gasteiger partial charge in [0.1, 0.15) is 0 Å². The normalized spacial score (nSPS) is 20.1.